The molecule has 3 heterocycles. The summed E-state index contributed by atoms with van der Waals surface area (Å²) in [5, 5.41) is 24.7. The molecule has 1 N–H and O–H groups in total. The monoisotopic (exact) mass is 328 g/mol. The van der Waals surface area contributed by atoms with Gasteiger partial charge < -0.3 is 5.11 Å². The summed E-state index contributed by atoms with van der Waals surface area (Å²) in [6, 6.07) is 10.5. The molecule has 3 aromatic heterocycles. The van der Waals surface area contributed by atoms with E-state index in [2.05, 4.69) is 15.3 Å². The van der Waals surface area contributed by atoms with Gasteiger partial charge in [-0.05, 0) is 23.6 Å². The van der Waals surface area contributed by atoms with E-state index >= 15 is 0 Å². The molecule has 0 aliphatic heterocycles. The summed E-state index contributed by atoms with van der Waals surface area (Å²) in [6.45, 7) is 0. The van der Waals surface area contributed by atoms with E-state index in [-0.39, 0.29) is 17.0 Å². The Labute approximate surface area is 132 Å². The van der Waals surface area contributed by atoms with Crippen molar-refractivity contribution in [1.29, 1.82) is 0 Å². The van der Waals surface area contributed by atoms with Crippen molar-refractivity contribution in [3.05, 3.63) is 52.1 Å². The molecular formula is C14H8N4O2S2. The van der Waals surface area contributed by atoms with E-state index in [4.69, 9.17) is 0 Å². The topological polar surface area (TPSA) is 80.4 Å². The van der Waals surface area contributed by atoms with Gasteiger partial charge in [-0.15, -0.1) is 21.5 Å². The van der Waals surface area contributed by atoms with Crippen LogP contribution in [0.4, 0.5) is 0 Å². The number of fused-ring (bicyclic) bond motifs is 1. The first-order valence-electron chi connectivity index (χ1n) is 6.33. The molecule has 0 aliphatic carbocycles. The van der Waals surface area contributed by atoms with Gasteiger partial charge in [0.25, 0.3) is 0 Å². The minimum absolute atomic E-state index is 0.112. The Hall–Kier alpha value is -2.58. The third-order valence-corrected chi connectivity index (χ3v) is 4.89. The van der Waals surface area contributed by atoms with Gasteiger partial charge in [0, 0.05) is 0 Å². The molecule has 0 aliphatic rings. The van der Waals surface area contributed by atoms with Gasteiger partial charge in [-0.25, -0.2) is 0 Å². The summed E-state index contributed by atoms with van der Waals surface area (Å²) < 4.78 is 1.23. The molecule has 108 valence electrons. The lowest BCUT2D eigenvalue weighted by molar-refractivity contribution is 0.477. The van der Waals surface area contributed by atoms with Crippen LogP contribution in [0.3, 0.4) is 0 Å². The second kappa shape index (κ2) is 5.00. The fourth-order valence-corrected chi connectivity index (χ4v) is 3.62. The molecule has 4 rings (SSSR count). The first-order valence-corrected chi connectivity index (χ1v) is 8.02. The third-order valence-electron chi connectivity index (χ3n) is 3.08. The second-order valence-electron chi connectivity index (χ2n) is 4.45. The zero-order chi connectivity index (χ0) is 15.1. The number of nitrogens with zero attached hydrogens (tertiary/aromatic N) is 4. The minimum Gasteiger partial charge on any atom is -0.507 e. The lowest BCUT2D eigenvalue weighted by Crippen LogP contribution is -2.18. The van der Waals surface area contributed by atoms with Crippen LogP contribution in [-0.2, 0) is 0 Å². The smallest absolute Gasteiger partial charge is 0.302 e. The number of aromatic hydroxyl groups is 1. The Kier molecular flexibility index (Phi) is 2.98. The lowest BCUT2D eigenvalue weighted by atomic mass is 10.2. The highest BCUT2D eigenvalue weighted by Gasteiger charge is 2.16. The molecule has 0 fully saturated rings. The molecule has 0 unspecified atom stereocenters. The molecule has 0 bridgehead atoms. The van der Waals surface area contributed by atoms with Crippen molar-refractivity contribution in [2.45, 2.75) is 0 Å². The van der Waals surface area contributed by atoms with Gasteiger partial charge in [0.1, 0.15) is 5.75 Å². The van der Waals surface area contributed by atoms with Crippen LogP contribution in [-0.4, -0.2) is 24.9 Å². The Morgan fingerprint density at radius 1 is 1.09 bits per heavy atom. The molecule has 0 spiro atoms. The van der Waals surface area contributed by atoms with Crippen LogP contribution < -0.4 is 5.56 Å². The van der Waals surface area contributed by atoms with Crippen LogP contribution in [0.1, 0.15) is 0 Å². The normalized spacial score (nSPS) is 11.1. The number of benzene rings is 1. The van der Waals surface area contributed by atoms with Crippen molar-refractivity contribution in [1.82, 2.24) is 19.8 Å². The average molecular weight is 328 g/mol. The fourth-order valence-electron chi connectivity index (χ4n) is 2.05. The highest BCUT2D eigenvalue weighted by atomic mass is 32.1. The van der Waals surface area contributed by atoms with E-state index in [9.17, 15) is 9.90 Å². The van der Waals surface area contributed by atoms with E-state index in [1.807, 2.05) is 17.5 Å². The quantitative estimate of drug-likeness (QED) is 0.612. The van der Waals surface area contributed by atoms with Crippen LogP contribution >= 0.6 is 22.7 Å². The van der Waals surface area contributed by atoms with Gasteiger partial charge in [-0.3, -0.25) is 4.79 Å². The van der Waals surface area contributed by atoms with E-state index in [1.54, 1.807) is 24.3 Å². The zero-order valence-electron chi connectivity index (χ0n) is 11.0. The van der Waals surface area contributed by atoms with E-state index in [1.165, 1.54) is 27.2 Å². The average Bonchev–Trinajstić information content (AvgIpc) is 3.17. The number of hydrogen-bond donors (Lipinski definition) is 1. The number of hydrogen-bond acceptors (Lipinski definition) is 7. The largest absolute Gasteiger partial charge is 0.507 e. The van der Waals surface area contributed by atoms with Crippen LogP contribution in [0.5, 0.6) is 5.75 Å². The van der Waals surface area contributed by atoms with Crippen LogP contribution in [0.25, 0.3) is 26.1 Å². The lowest BCUT2D eigenvalue weighted by Gasteiger charge is -1.97. The molecule has 0 atom stereocenters. The number of thiophene rings is 1. The number of rotatable bonds is 2. The number of phenols is 1. The van der Waals surface area contributed by atoms with Crippen molar-refractivity contribution in [2.75, 3.05) is 0 Å². The van der Waals surface area contributed by atoms with Gasteiger partial charge >= 0.3 is 5.56 Å². The maximum atomic E-state index is 12.5. The molecular weight excluding hydrogens is 320 g/mol. The predicted molar refractivity (Wildman–Crippen MR) is 85.3 cm³/mol. The van der Waals surface area contributed by atoms with Gasteiger partial charge in [-0.1, -0.05) is 29.5 Å². The SMILES string of the molecule is O=c1c(-c2cccs2)nnc2sc(-c3ccccc3O)nn12. The molecule has 0 saturated heterocycles. The molecule has 0 saturated carbocycles. The summed E-state index contributed by atoms with van der Waals surface area (Å²) >= 11 is 2.63. The molecule has 8 heteroatoms. The number of para-hydroxylation sites is 1. The van der Waals surface area contributed by atoms with E-state index in [0.717, 1.165) is 4.88 Å². The number of phenolic OH excluding ortho intramolecular Hbond substituents is 1. The van der Waals surface area contributed by atoms with E-state index < -0.39 is 0 Å². The molecule has 0 radical (unpaired) electrons. The maximum absolute atomic E-state index is 12.5. The first kappa shape index (κ1) is 13.1. The van der Waals surface area contributed by atoms with Gasteiger partial charge in [-0.2, -0.15) is 9.61 Å². The Morgan fingerprint density at radius 3 is 2.73 bits per heavy atom. The van der Waals surface area contributed by atoms with Gasteiger partial charge in [0.05, 0.1) is 10.4 Å². The van der Waals surface area contributed by atoms with Crippen molar-refractivity contribution in [2.24, 2.45) is 0 Å². The number of aromatic nitrogens is 4. The Morgan fingerprint density at radius 2 is 1.95 bits per heavy atom. The molecule has 0 amide bonds. The molecule has 22 heavy (non-hydrogen) atoms. The van der Waals surface area contributed by atoms with Crippen LogP contribution in [0, 0.1) is 0 Å². The molecule has 6 nitrogen and oxygen atoms in total. The zero-order valence-corrected chi connectivity index (χ0v) is 12.6. The standard InChI is InChI=1S/C14H8N4O2S2/c19-9-5-2-1-4-8(9)12-17-18-13(20)11(10-6-3-7-21-10)15-16-14(18)22-12/h1-7,19H. The van der Waals surface area contributed by atoms with E-state index in [0.29, 0.717) is 15.5 Å². The summed E-state index contributed by atoms with van der Waals surface area (Å²) in [6.07, 6.45) is 0. The first-order chi connectivity index (χ1) is 10.7. The molecule has 1 aromatic carbocycles. The summed E-state index contributed by atoms with van der Waals surface area (Å²) in [5.74, 6) is 0.112. The van der Waals surface area contributed by atoms with Crippen LogP contribution in [0.15, 0.2) is 46.6 Å². The Balaban J connectivity index is 1.94. The Bertz CT molecular complexity index is 1020. The fraction of sp³-hybridized carbons (Fsp3) is 0. The third kappa shape index (κ3) is 2.00. The van der Waals surface area contributed by atoms with Crippen LogP contribution in [0.2, 0.25) is 0 Å². The highest BCUT2D eigenvalue weighted by molar-refractivity contribution is 7.19. The summed E-state index contributed by atoms with van der Waals surface area (Å²) in [4.78, 5) is 13.7. The van der Waals surface area contributed by atoms with Gasteiger partial charge in [0.15, 0.2) is 10.7 Å². The summed E-state index contributed by atoms with van der Waals surface area (Å²) in [5.41, 5.74) is 0.530. The molecule has 4 aromatic rings. The van der Waals surface area contributed by atoms with Crippen molar-refractivity contribution in [3.63, 3.8) is 0 Å². The van der Waals surface area contributed by atoms with Crippen molar-refractivity contribution < 1.29 is 5.11 Å². The van der Waals surface area contributed by atoms with Gasteiger partial charge in [0.2, 0.25) is 4.96 Å². The highest BCUT2D eigenvalue weighted by Crippen LogP contribution is 2.31. The van der Waals surface area contributed by atoms with Crippen molar-refractivity contribution >= 4 is 27.6 Å². The van der Waals surface area contributed by atoms with Crippen molar-refractivity contribution in [3.8, 4) is 26.9 Å². The minimum atomic E-state index is -0.314. The second-order valence-corrected chi connectivity index (χ2v) is 6.35. The maximum Gasteiger partial charge on any atom is 0.302 e. The summed E-state index contributed by atoms with van der Waals surface area (Å²) in [7, 11) is 0. The predicted octanol–water partition coefficient (Wildman–Crippen LogP) is 2.65.